The van der Waals surface area contributed by atoms with Gasteiger partial charge in [-0.15, -0.1) is 0 Å². The summed E-state index contributed by atoms with van der Waals surface area (Å²) in [5.41, 5.74) is 0. The fourth-order valence-electron chi connectivity index (χ4n) is 7.70. The van der Waals surface area contributed by atoms with E-state index in [1.165, 1.54) is 103 Å². The van der Waals surface area contributed by atoms with E-state index in [1.807, 2.05) is 0 Å². The highest BCUT2D eigenvalue weighted by atomic mass is 16.5. The molecular formula is C60H103NO5. The maximum atomic E-state index is 13.2. The van der Waals surface area contributed by atoms with Crippen molar-refractivity contribution < 1.29 is 24.5 Å². The van der Waals surface area contributed by atoms with Gasteiger partial charge in [0.15, 0.2) is 0 Å². The van der Waals surface area contributed by atoms with Gasteiger partial charge in [-0.05, 0) is 109 Å². The van der Waals surface area contributed by atoms with Crippen LogP contribution in [0.25, 0.3) is 0 Å². The van der Waals surface area contributed by atoms with Gasteiger partial charge in [0, 0.05) is 6.42 Å². The van der Waals surface area contributed by atoms with Crippen LogP contribution >= 0.6 is 0 Å². The summed E-state index contributed by atoms with van der Waals surface area (Å²) >= 11 is 0. The molecule has 6 nitrogen and oxygen atoms in total. The normalized spacial score (nSPS) is 14.0. The number of hydrogen-bond acceptors (Lipinski definition) is 5. The lowest BCUT2D eigenvalue weighted by Gasteiger charge is -2.24. The van der Waals surface area contributed by atoms with Crippen LogP contribution in [0.5, 0.6) is 0 Å². The Morgan fingerprint density at radius 1 is 0.439 bits per heavy atom. The van der Waals surface area contributed by atoms with Crippen molar-refractivity contribution in [3.63, 3.8) is 0 Å². The fourth-order valence-corrected chi connectivity index (χ4v) is 7.70. The predicted octanol–water partition coefficient (Wildman–Crippen LogP) is 16.9. The fraction of sp³-hybridized carbons (Fsp3) is 0.700. The molecule has 1 amide bonds. The van der Waals surface area contributed by atoms with Gasteiger partial charge in [0.05, 0.1) is 25.2 Å². The third-order valence-corrected chi connectivity index (χ3v) is 11.9. The van der Waals surface area contributed by atoms with E-state index in [4.69, 9.17) is 4.74 Å². The van der Waals surface area contributed by atoms with Gasteiger partial charge in [0.1, 0.15) is 6.10 Å². The Balaban J connectivity index is 4.75. The topological polar surface area (TPSA) is 95.9 Å². The lowest BCUT2D eigenvalue weighted by molar-refractivity contribution is -0.151. The van der Waals surface area contributed by atoms with Gasteiger partial charge in [0.2, 0.25) is 5.91 Å². The molecule has 0 spiro atoms. The summed E-state index contributed by atoms with van der Waals surface area (Å²) in [6.07, 6.45) is 70.4. The van der Waals surface area contributed by atoms with Crippen LogP contribution in [0.2, 0.25) is 0 Å². The molecule has 0 aliphatic rings. The van der Waals surface area contributed by atoms with E-state index in [-0.39, 0.29) is 24.9 Å². The van der Waals surface area contributed by atoms with Gasteiger partial charge >= 0.3 is 5.97 Å². The molecule has 3 N–H and O–H groups in total. The second kappa shape index (κ2) is 52.7. The van der Waals surface area contributed by atoms with Gasteiger partial charge in [-0.3, -0.25) is 9.59 Å². The average molecular weight is 918 g/mol. The van der Waals surface area contributed by atoms with Gasteiger partial charge < -0.3 is 20.3 Å². The van der Waals surface area contributed by atoms with Crippen molar-refractivity contribution in [3.8, 4) is 0 Å². The molecular weight excluding hydrogens is 815 g/mol. The zero-order chi connectivity index (χ0) is 48.1. The molecule has 3 unspecified atom stereocenters. The summed E-state index contributed by atoms with van der Waals surface area (Å²) in [6.45, 7) is 6.40. The highest BCUT2D eigenvalue weighted by Crippen LogP contribution is 2.16. The van der Waals surface area contributed by atoms with Crippen LogP contribution in [0.15, 0.2) is 97.2 Å². The van der Waals surface area contributed by atoms with Crippen molar-refractivity contribution in [2.75, 3.05) is 6.61 Å². The number of rotatable bonds is 48. The summed E-state index contributed by atoms with van der Waals surface area (Å²) in [5, 5.41) is 23.8. The van der Waals surface area contributed by atoms with Crippen LogP contribution in [-0.2, 0) is 14.3 Å². The van der Waals surface area contributed by atoms with E-state index in [2.05, 4.69) is 123 Å². The van der Waals surface area contributed by atoms with E-state index in [1.54, 1.807) is 0 Å². The number of ether oxygens (including phenoxy) is 1. The van der Waals surface area contributed by atoms with Crippen molar-refractivity contribution in [2.24, 2.45) is 0 Å². The first-order chi connectivity index (χ1) is 32.5. The zero-order valence-electron chi connectivity index (χ0n) is 43.0. The number of esters is 1. The van der Waals surface area contributed by atoms with Crippen LogP contribution in [0.4, 0.5) is 0 Å². The molecule has 66 heavy (non-hydrogen) atoms. The van der Waals surface area contributed by atoms with Gasteiger partial charge in [-0.25, -0.2) is 0 Å². The zero-order valence-corrected chi connectivity index (χ0v) is 43.0. The van der Waals surface area contributed by atoms with Crippen LogP contribution in [0.3, 0.4) is 0 Å². The summed E-state index contributed by atoms with van der Waals surface area (Å²) in [5.74, 6) is -0.569. The Kier molecular flexibility index (Phi) is 50.2. The number of amides is 1. The molecule has 0 aromatic heterocycles. The molecule has 0 aromatic carbocycles. The Labute approximate surface area is 407 Å². The predicted molar refractivity (Wildman–Crippen MR) is 287 cm³/mol. The molecule has 0 fully saturated rings. The van der Waals surface area contributed by atoms with Crippen molar-refractivity contribution in [1.29, 1.82) is 0 Å². The maximum Gasteiger partial charge on any atom is 0.306 e. The quantitative estimate of drug-likeness (QED) is 0.0321. The highest BCUT2D eigenvalue weighted by Gasteiger charge is 2.24. The summed E-state index contributed by atoms with van der Waals surface area (Å²) < 4.78 is 5.91. The first-order valence-electron chi connectivity index (χ1n) is 27.5. The first kappa shape index (κ1) is 62.8. The van der Waals surface area contributed by atoms with Crippen molar-refractivity contribution >= 4 is 11.9 Å². The lowest BCUT2D eigenvalue weighted by Crippen LogP contribution is -2.46. The van der Waals surface area contributed by atoms with Gasteiger partial charge in [0.25, 0.3) is 0 Å². The molecule has 0 saturated heterocycles. The Bertz CT molecular complexity index is 1310. The SMILES string of the molecule is CCCCC/C=C\C/C=C\C/C=C\C/C=C\CCCCCC(=O)OC(CCC/C=C\C/C=C\C/C=C\C/C=C\CCCCC)CC(=O)NC(CO)C(O)CCCCCCCCCCCCC. The minimum atomic E-state index is -0.813. The molecule has 0 aromatic rings. The smallest absolute Gasteiger partial charge is 0.306 e. The molecule has 0 bridgehead atoms. The molecule has 3 atom stereocenters. The third kappa shape index (κ3) is 47.3. The second-order valence-corrected chi connectivity index (χ2v) is 18.3. The van der Waals surface area contributed by atoms with Gasteiger partial charge in [-0.1, -0.05) is 221 Å². The highest BCUT2D eigenvalue weighted by molar-refractivity contribution is 5.77. The number of aliphatic hydroxyl groups is 2. The standard InChI is InChI=1S/C60H103NO5/c1-4-7-10-13-16-19-22-24-26-28-29-31-33-35-38-41-44-47-50-53-60(65)66-56(51-48-45-42-39-37-34-32-30-27-25-23-20-17-14-11-8-5-2)54-59(64)61-57(55-62)58(63)52-49-46-43-40-36-21-18-15-12-9-6-3/h16-17,19-20,24-27,29,31-32,34-35,38-39,42,56-58,62-63H,4-15,18,21-23,28,30,33,36-37,40-41,43-55H2,1-3H3,(H,61,64)/b19-16-,20-17-,26-24-,27-25-,31-29-,34-32-,38-35-,42-39-. The lowest BCUT2D eigenvalue weighted by atomic mass is 10.0. The number of unbranched alkanes of at least 4 members (excludes halogenated alkanes) is 20. The van der Waals surface area contributed by atoms with E-state index in [0.29, 0.717) is 19.3 Å². The van der Waals surface area contributed by atoms with Crippen molar-refractivity contribution in [1.82, 2.24) is 5.32 Å². The minimum absolute atomic E-state index is 0.0219. The summed E-state index contributed by atoms with van der Waals surface area (Å²) in [6, 6.07) is -0.731. The van der Waals surface area contributed by atoms with Gasteiger partial charge in [-0.2, -0.15) is 0 Å². The number of aliphatic hydroxyl groups excluding tert-OH is 2. The Hall–Kier alpha value is -3.22. The van der Waals surface area contributed by atoms with Crippen LogP contribution in [-0.4, -0.2) is 46.9 Å². The molecule has 0 radical (unpaired) electrons. The minimum Gasteiger partial charge on any atom is -0.462 e. The van der Waals surface area contributed by atoms with E-state index < -0.39 is 18.2 Å². The van der Waals surface area contributed by atoms with Crippen LogP contribution in [0.1, 0.15) is 245 Å². The van der Waals surface area contributed by atoms with E-state index >= 15 is 0 Å². The number of hydrogen-bond donors (Lipinski definition) is 3. The summed E-state index contributed by atoms with van der Waals surface area (Å²) in [7, 11) is 0. The van der Waals surface area contributed by atoms with Crippen LogP contribution < -0.4 is 5.32 Å². The largest absolute Gasteiger partial charge is 0.462 e. The number of allylic oxidation sites excluding steroid dienone is 16. The molecule has 0 aliphatic heterocycles. The van der Waals surface area contributed by atoms with E-state index in [0.717, 1.165) is 96.3 Å². The summed E-state index contributed by atoms with van der Waals surface area (Å²) in [4.78, 5) is 26.2. The second-order valence-electron chi connectivity index (χ2n) is 18.3. The molecule has 0 rings (SSSR count). The molecule has 0 heterocycles. The molecule has 0 saturated carbocycles. The number of carbonyl (C=O) groups is 2. The third-order valence-electron chi connectivity index (χ3n) is 11.9. The molecule has 0 aliphatic carbocycles. The maximum absolute atomic E-state index is 13.2. The monoisotopic (exact) mass is 918 g/mol. The van der Waals surface area contributed by atoms with E-state index in [9.17, 15) is 19.8 Å². The molecule has 6 heteroatoms. The first-order valence-corrected chi connectivity index (χ1v) is 27.5. The van der Waals surface area contributed by atoms with Crippen LogP contribution in [0, 0.1) is 0 Å². The molecule has 378 valence electrons. The Morgan fingerprint density at radius 2 is 0.788 bits per heavy atom. The average Bonchev–Trinajstić information content (AvgIpc) is 3.31. The van der Waals surface area contributed by atoms with Crippen molar-refractivity contribution in [2.45, 2.75) is 264 Å². The number of carbonyl (C=O) groups excluding carboxylic acids is 2. The van der Waals surface area contributed by atoms with Crippen molar-refractivity contribution in [3.05, 3.63) is 97.2 Å². The Morgan fingerprint density at radius 3 is 1.21 bits per heavy atom. The number of nitrogens with one attached hydrogen (secondary N) is 1.